The lowest BCUT2D eigenvalue weighted by Crippen LogP contribution is -2.47. The van der Waals surface area contributed by atoms with Gasteiger partial charge < -0.3 is 15.0 Å². The van der Waals surface area contributed by atoms with Crippen LogP contribution in [0.2, 0.25) is 0 Å². The third kappa shape index (κ3) is 4.35. The van der Waals surface area contributed by atoms with Gasteiger partial charge in [0, 0.05) is 26.1 Å². The van der Waals surface area contributed by atoms with Crippen molar-refractivity contribution in [1.82, 2.24) is 10.2 Å². The van der Waals surface area contributed by atoms with Crippen LogP contribution in [-0.4, -0.2) is 48.6 Å². The monoisotopic (exact) mass is 330 g/mol. The first-order valence-electron chi connectivity index (χ1n) is 8.87. The number of nitrogens with zero attached hydrogens (tertiary/aromatic N) is 1. The van der Waals surface area contributed by atoms with Gasteiger partial charge in [0.1, 0.15) is 6.04 Å². The van der Waals surface area contributed by atoms with E-state index in [9.17, 15) is 9.59 Å². The average molecular weight is 330 g/mol. The van der Waals surface area contributed by atoms with Gasteiger partial charge in [-0.2, -0.15) is 0 Å². The van der Waals surface area contributed by atoms with Crippen LogP contribution in [0.25, 0.3) is 0 Å². The van der Waals surface area contributed by atoms with Gasteiger partial charge in [-0.25, -0.2) is 0 Å². The summed E-state index contributed by atoms with van der Waals surface area (Å²) < 4.78 is 5.70. The fourth-order valence-electron chi connectivity index (χ4n) is 3.36. The molecule has 24 heavy (non-hydrogen) atoms. The van der Waals surface area contributed by atoms with Gasteiger partial charge in [0.25, 0.3) is 0 Å². The first-order valence-corrected chi connectivity index (χ1v) is 8.87. The molecular formula is C19H26N2O3. The molecule has 0 aromatic heterocycles. The van der Waals surface area contributed by atoms with Gasteiger partial charge in [0.05, 0.1) is 6.10 Å². The van der Waals surface area contributed by atoms with Crippen molar-refractivity contribution < 1.29 is 14.3 Å². The summed E-state index contributed by atoms with van der Waals surface area (Å²) in [7, 11) is 0. The summed E-state index contributed by atoms with van der Waals surface area (Å²) in [5.41, 5.74) is 2.46. The van der Waals surface area contributed by atoms with Crippen LogP contribution in [0, 0.1) is 6.92 Å². The third-order valence-electron chi connectivity index (χ3n) is 4.84. The molecule has 0 spiro atoms. The molecule has 0 bridgehead atoms. The molecule has 0 radical (unpaired) electrons. The Balaban J connectivity index is 1.62. The van der Waals surface area contributed by atoms with Gasteiger partial charge in [-0.3, -0.25) is 9.59 Å². The van der Waals surface area contributed by atoms with Crippen molar-refractivity contribution in [2.75, 3.05) is 19.7 Å². The highest BCUT2D eigenvalue weighted by Gasteiger charge is 2.32. The summed E-state index contributed by atoms with van der Waals surface area (Å²) in [6, 6.07) is 8.05. The van der Waals surface area contributed by atoms with E-state index in [1.54, 1.807) is 0 Å². The van der Waals surface area contributed by atoms with Crippen LogP contribution in [0.1, 0.15) is 36.8 Å². The van der Waals surface area contributed by atoms with Gasteiger partial charge in [-0.1, -0.05) is 29.8 Å². The van der Waals surface area contributed by atoms with Gasteiger partial charge in [-0.15, -0.1) is 0 Å². The van der Waals surface area contributed by atoms with E-state index >= 15 is 0 Å². The Morgan fingerprint density at radius 1 is 1.29 bits per heavy atom. The van der Waals surface area contributed by atoms with Crippen molar-refractivity contribution in [3.05, 3.63) is 35.4 Å². The molecule has 1 N–H and O–H groups in total. The largest absolute Gasteiger partial charge is 0.376 e. The maximum absolute atomic E-state index is 12.8. The van der Waals surface area contributed by atoms with Crippen molar-refractivity contribution in [2.24, 2.45) is 0 Å². The maximum Gasteiger partial charge on any atom is 0.245 e. The maximum atomic E-state index is 12.8. The van der Waals surface area contributed by atoms with Gasteiger partial charge in [0.15, 0.2) is 0 Å². The Morgan fingerprint density at radius 2 is 2.08 bits per heavy atom. The molecule has 2 atom stereocenters. The molecule has 1 aromatic rings. The van der Waals surface area contributed by atoms with Crippen LogP contribution in [0.15, 0.2) is 24.3 Å². The second kappa shape index (κ2) is 7.79. The van der Waals surface area contributed by atoms with E-state index in [-0.39, 0.29) is 24.0 Å². The van der Waals surface area contributed by atoms with Crippen molar-refractivity contribution in [2.45, 2.75) is 51.2 Å². The van der Waals surface area contributed by atoms with E-state index < -0.39 is 0 Å². The number of carbonyl (C=O) groups excluding carboxylic acids is 2. The molecule has 0 unspecified atom stereocenters. The Morgan fingerprint density at radius 3 is 2.71 bits per heavy atom. The molecule has 0 saturated carbocycles. The van der Waals surface area contributed by atoms with Crippen molar-refractivity contribution in [3.63, 3.8) is 0 Å². The summed E-state index contributed by atoms with van der Waals surface area (Å²) >= 11 is 0. The minimum atomic E-state index is -0.364. The predicted molar refractivity (Wildman–Crippen MR) is 91.6 cm³/mol. The zero-order valence-corrected chi connectivity index (χ0v) is 14.3. The van der Waals surface area contributed by atoms with Crippen LogP contribution in [0.5, 0.6) is 0 Å². The molecule has 5 nitrogen and oxygen atoms in total. The minimum absolute atomic E-state index is 0.0241. The number of nitrogens with one attached hydrogen (secondary N) is 1. The molecule has 1 aromatic carbocycles. The highest BCUT2D eigenvalue weighted by molar-refractivity contribution is 5.90. The number of aryl methyl sites for hydroxylation is 1. The summed E-state index contributed by atoms with van der Waals surface area (Å²) in [5, 5.41) is 2.79. The average Bonchev–Trinajstić information content (AvgIpc) is 3.24. The number of rotatable bonds is 6. The number of hydrogen-bond acceptors (Lipinski definition) is 3. The summed E-state index contributed by atoms with van der Waals surface area (Å²) in [4.78, 5) is 26.1. The van der Waals surface area contributed by atoms with E-state index in [2.05, 4.69) is 36.5 Å². The summed E-state index contributed by atoms with van der Waals surface area (Å²) in [6.07, 6.45) is 4.06. The quantitative estimate of drug-likeness (QED) is 0.866. The van der Waals surface area contributed by atoms with Crippen LogP contribution < -0.4 is 5.32 Å². The van der Waals surface area contributed by atoms with E-state index in [0.29, 0.717) is 25.9 Å². The lowest BCUT2D eigenvalue weighted by atomic mass is 10.1. The Kier molecular flexibility index (Phi) is 5.51. The SMILES string of the molecule is Cc1ccc(CCN(C[C@@H]2CCCO2)C(=O)[C@@H]2CCC(=O)N2)cc1. The second-order valence-electron chi connectivity index (χ2n) is 6.81. The number of carbonyl (C=O) groups is 2. The van der Waals surface area contributed by atoms with Crippen molar-refractivity contribution in [3.8, 4) is 0 Å². The van der Waals surface area contributed by atoms with E-state index in [0.717, 1.165) is 25.9 Å². The van der Waals surface area contributed by atoms with E-state index in [4.69, 9.17) is 4.74 Å². The molecule has 5 heteroatoms. The molecule has 0 aliphatic carbocycles. The molecule has 3 rings (SSSR count). The highest BCUT2D eigenvalue weighted by Crippen LogP contribution is 2.17. The van der Waals surface area contributed by atoms with Gasteiger partial charge >= 0.3 is 0 Å². The molecule has 2 aliphatic heterocycles. The molecule has 2 heterocycles. The number of hydrogen-bond donors (Lipinski definition) is 1. The fraction of sp³-hybridized carbons (Fsp3) is 0.579. The van der Waals surface area contributed by atoms with E-state index in [1.807, 2.05) is 4.90 Å². The Bertz CT molecular complexity index is 579. The molecule has 2 saturated heterocycles. The summed E-state index contributed by atoms with van der Waals surface area (Å²) in [6.45, 7) is 4.13. The van der Waals surface area contributed by atoms with E-state index in [1.165, 1.54) is 11.1 Å². The van der Waals surface area contributed by atoms with Crippen LogP contribution in [0.3, 0.4) is 0 Å². The summed E-state index contributed by atoms with van der Waals surface area (Å²) in [5.74, 6) is 0.00686. The minimum Gasteiger partial charge on any atom is -0.376 e. The Hall–Kier alpha value is -1.88. The topological polar surface area (TPSA) is 58.6 Å². The number of amides is 2. The van der Waals surface area contributed by atoms with Crippen molar-refractivity contribution in [1.29, 1.82) is 0 Å². The van der Waals surface area contributed by atoms with Crippen LogP contribution in [-0.2, 0) is 20.7 Å². The lowest BCUT2D eigenvalue weighted by Gasteiger charge is -2.28. The normalized spacial score (nSPS) is 23.3. The number of ether oxygens (including phenoxy) is 1. The Labute approximate surface area is 143 Å². The van der Waals surface area contributed by atoms with Crippen LogP contribution >= 0.6 is 0 Å². The van der Waals surface area contributed by atoms with Gasteiger partial charge in [-0.05, 0) is 38.2 Å². The fourth-order valence-corrected chi connectivity index (χ4v) is 3.36. The molecular weight excluding hydrogens is 304 g/mol. The molecule has 130 valence electrons. The molecule has 2 aliphatic rings. The highest BCUT2D eigenvalue weighted by atomic mass is 16.5. The zero-order valence-electron chi connectivity index (χ0n) is 14.3. The van der Waals surface area contributed by atoms with Crippen molar-refractivity contribution >= 4 is 11.8 Å². The standard InChI is InChI=1S/C19H26N2O3/c1-14-4-6-15(7-5-14)10-11-21(13-16-3-2-12-24-16)19(23)17-8-9-18(22)20-17/h4-7,16-17H,2-3,8-13H2,1H3,(H,20,22)/t16-,17-/m0/s1. The second-order valence-corrected chi connectivity index (χ2v) is 6.81. The third-order valence-corrected chi connectivity index (χ3v) is 4.84. The first-order chi connectivity index (χ1) is 11.6. The van der Waals surface area contributed by atoms with Gasteiger partial charge in [0.2, 0.25) is 11.8 Å². The smallest absolute Gasteiger partial charge is 0.245 e. The predicted octanol–water partition coefficient (Wildman–Crippen LogP) is 1.82. The molecule has 2 amide bonds. The molecule has 2 fully saturated rings. The first kappa shape index (κ1) is 17.0. The number of benzene rings is 1. The zero-order chi connectivity index (χ0) is 16.9. The lowest BCUT2D eigenvalue weighted by molar-refractivity contribution is -0.135. The van der Waals surface area contributed by atoms with Crippen LogP contribution in [0.4, 0.5) is 0 Å².